The highest BCUT2D eigenvalue weighted by molar-refractivity contribution is 6.12. The average molecular weight is 333 g/mol. The van der Waals surface area contributed by atoms with Crippen LogP contribution in [-0.4, -0.2) is 5.91 Å². The van der Waals surface area contributed by atoms with Gasteiger partial charge in [0.05, 0.1) is 11.1 Å². The number of hydrogen-bond donors (Lipinski definition) is 0. The van der Waals surface area contributed by atoms with E-state index < -0.39 is 17.3 Å². The van der Waals surface area contributed by atoms with Gasteiger partial charge in [0.2, 0.25) is 0 Å². The Balaban J connectivity index is 2.20. The summed E-state index contributed by atoms with van der Waals surface area (Å²) in [5.41, 5.74) is 0.767. The molecule has 2 aromatic rings. The van der Waals surface area contributed by atoms with Crippen LogP contribution >= 0.6 is 0 Å². The Hall–Kier alpha value is -2.30. The first-order chi connectivity index (χ1) is 11.2. The summed E-state index contributed by atoms with van der Waals surface area (Å²) < 4.78 is 39.5. The fourth-order valence-electron chi connectivity index (χ4n) is 3.41. The van der Waals surface area contributed by atoms with E-state index >= 15 is 0 Å². The van der Waals surface area contributed by atoms with Crippen molar-refractivity contribution in [2.75, 3.05) is 4.90 Å². The molecule has 0 spiro atoms. The van der Waals surface area contributed by atoms with Crippen LogP contribution in [0.15, 0.2) is 42.5 Å². The van der Waals surface area contributed by atoms with Crippen molar-refractivity contribution in [2.45, 2.75) is 38.9 Å². The van der Waals surface area contributed by atoms with Gasteiger partial charge in [-0.05, 0) is 55.7 Å². The van der Waals surface area contributed by atoms with Gasteiger partial charge in [-0.2, -0.15) is 13.2 Å². The largest absolute Gasteiger partial charge is 0.416 e. The van der Waals surface area contributed by atoms with Crippen molar-refractivity contribution in [1.82, 2.24) is 0 Å². The maximum Gasteiger partial charge on any atom is 0.416 e. The molecule has 0 aromatic heterocycles. The van der Waals surface area contributed by atoms with Crippen molar-refractivity contribution in [3.63, 3.8) is 0 Å². The number of halogens is 3. The molecule has 1 atom stereocenters. The fourth-order valence-corrected chi connectivity index (χ4v) is 3.41. The van der Waals surface area contributed by atoms with Crippen LogP contribution in [0, 0.1) is 6.92 Å². The molecule has 0 fully saturated rings. The highest BCUT2D eigenvalue weighted by Gasteiger charge is 2.46. The highest BCUT2D eigenvalue weighted by Crippen LogP contribution is 2.45. The summed E-state index contributed by atoms with van der Waals surface area (Å²) in [6.07, 6.45) is -3.84. The van der Waals surface area contributed by atoms with Crippen molar-refractivity contribution in [3.8, 4) is 0 Å². The molecular formula is C19H18F3NO. The van der Waals surface area contributed by atoms with Crippen molar-refractivity contribution >= 4 is 11.6 Å². The number of nitrogens with zero attached hydrogens (tertiary/aromatic N) is 1. The lowest BCUT2D eigenvalue weighted by Crippen LogP contribution is -2.41. The number of carbonyl (C=O) groups is 1. The first-order valence-electron chi connectivity index (χ1n) is 7.81. The third-order valence-corrected chi connectivity index (χ3v) is 4.77. The number of alkyl halides is 3. The molecule has 2 aromatic carbocycles. The van der Waals surface area contributed by atoms with Crippen LogP contribution in [0.4, 0.5) is 18.9 Å². The van der Waals surface area contributed by atoms with Crippen molar-refractivity contribution in [3.05, 3.63) is 64.7 Å². The Bertz CT molecular complexity index is 812. The number of carbonyl (C=O) groups excluding carboxylic acids is 1. The SMILES string of the molecule is CCC1(C)c2ccccc2C(=O)N1c1cc(C)cc(C(F)(F)F)c1. The maximum atomic E-state index is 13.2. The number of rotatable bonds is 2. The minimum Gasteiger partial charge on any atom is -0.298 e. The number of benzene rings is 2. The molecule has 1 heterocycles. The Labute approximate surface area is 138 Å². The molecule has 5 heteroatoms. The first kappa shape index (κ1) is 16.6. The second-order valence-corrected chi connectivity index (χ2v) is 6.37. The average Bonchev–Trinajstić information content (AvgIpc) is 2.75. The molecule has 1 amide bonds. The maximum absolute atomic E-state index is 13.2. The summed E-state index contributed by atoms with van der Waals surface area (Å²) in [6.45, 7) is 5.44. The van der Waals surface area contributed by atoms with Crippen LogP contribution in [0.25, 0.3) is 0 Å². The van der Waals surface area contributed by atoms with Crippen LogP contribution in [0.3, 0.4) is 0 Å². The molecule has 0 saturated heterocycles. The van der Waals surface area contributed by atoms with Gasteiger partial charge < -0.3 is 0 Å². The molecule has 1 aliphatic heterocycles. The minimum absolute atomic E-state index is 0.256. The molecule has 0 radical (unpaired) electrons. The quantitative estimate of drug-likeness (QED) is 0.730. The van der Waals surface area contributed by atoms with E-state index in [2.05, 4.69) is 0 Å². The van der Waals surface area contributed by atoms with E-state index in [1.807, 2.05) is 26.0 Å². The predicted octanol–water partition coefficient (Wildman–Crippen LogP) is 5.30. The zero-order valence-corrected chi connectivity index (χ0v) is 13.7. The zero-order chi connectivity index (χ0) is 17.7. The van der Waals surface area contributed by atoms with E-state index in [0.717, 1.165) is 17.7 Å². The van der Waals surface area contributed by atoms with Gasteiger partial charge in [-0.15, -0.1) is 0 Å². The zero-order valence-electron chi connectivity index (χ0n) is 13.7. The lowest BCUT2D eigenvalue weighted by Gasteiger charge is -2.36. The first-order valence-corrected chi connectivity index (χ1v) is 7.81. The van der Waals surface area contributed by atoms with Crippen molar-refractivity contribution in [2.24, 2.45) is 0 Å². The molecule has 0 aliphatic carbocycles. The molecule has 0 N–H and O–H groups in total. The summed E-state index contributed by atoms with van der Waals surface area (Å²) in [6, 6.07) is 11.0. The third kappa shape index (κ3) is 2.39. The number of hydrogen-bond acceptors (Lipinski definition) is 1. The molecule has 3 rings (SSSR count). The lowest BCUT2D eigenvalue weighted by molar-refractivity contribution is -0.137. The Morgan fingerprint density at radius 1 is 1.12 bits per heavy atom. The van der Waals surface area contributed by atoms with Crippen LogP contribution in [0.5, 0.6) is 0 Å². The van der Waals surface area contributed by atoms with Gasteiger partial charge in [0.25, 0.3) is 5.91 Å². The number of fused-ring (bicyclic) bond motifs is 1. The van der Waals surface area contributed by atoms with E-state index in [0.29, 0.717) is 17.5 Å². The van der Waals surface area contributed by atoms with Gasteiger partial charge in [0.1, 0.15) is 0 Å². The number of anilines is 1. The van der Waals surface area contributed by atoms with Crippen LogP contribution in [0.2, 0.25) is 0 Å². The Morgan fingerprint density at radius 2 is 1.79 bits per heavy atom. The van der Waals surface area contributed by atoms with Crippen molar-refractivity contribution in [1.29, 1.82) is 0 Å². The fraction of sp³-hybridized carbons (Fsp3) is 0.316. The minimum atomic E-state index is -4.45. The van der Waals surface area contributed by atoms with Gasteiger partial charge in [0.15, 0.2) is 0 Å². The number of amides is 1. The summed E-state index contributed by atoms with van der Waals surface area (Å²) in [4.78, 5) is 14.4. The molecule has 24 heavy (non-hydrogen) atoms. The number of aryl methyl sites for hydroxylation is 1. The molecular weight excluding hydrogens is 315 g/mol. The molecule has 1 unspecified atom stereocenters. The summed E-state index contributed by atoms with van der Waals surface area (Å²) in [5.74, 6) is -0.256. The predicted molar refractivity (Wildman–Crippen MR) is 87.1 cm³/mol. The van der Waals surface area contributed by atoms with Gasteiger partial charge in [-0.25, -0.2) is 0 Å². The normalized spacial score (nSPS) is 20.4. The molecule has 0 bridgehead atoms. The topological polar surface area (TPSA) is 20.3 Å². The standard InChI is InChI=1S/C19H18F3NO/c1-4-18(3)16-8-6-5-7-15(16)17(24)23(18)14-10-12(2)9-13(11-14)19(20,21)22/h5-11H,4H2,1-3H3. The summed E-state index contributed by atoms with van der Waals surface area (Å²) >= 11 is 0. The van der Waals surface area contributed by atoms with E-state index in [1.54, 1.807) is 25.1 Å². The van der Waals surface area contributed by atoms with Gasteiger partial charge in [-0.1, -0.05) is 25.1 Å². The third-order valence-electron chi connectivity index (χ3n) is 4.77. The van der Waals surface area contributed by atoms with Gasteiger partial charge in [0, 0.05) is 11.3 Å². The Morgan fingerprint density at radius 3 is 2.42 bits per heavy atom. The van der Waals surface area contributed by atoms with Crippen LogP contribution in [-0.2, 0) is 11.7 Å². The van der Waals surface area contributed by atoms with Gasteiger partial charge >= 0.3 is 6.18 Å². The Kier molecular flexibility index (Phi) is 3.70. The smallest absolute Gasteiger partial charge is 0.298 e. The molecule has 126 valence electrons. The molecule has 1 aliphatic rings. The van der Waals surface area contributed by atoms with Crippen molar-refractivity contribution < 1.29 is 18.0 Å². The monoisotopic (exact) mass is 333 g/mol. The van der Waals surface area contributed by atoms with E-state index in [9.17, 15) is 18.0 Å². The second-order valence-electron chi connectivity index (χ2n) is 6.37. The second kappa shape index (κ2) is 5.36. The van der Waals surface area contributed by atoms with E-state index in [4.69, 9.17) is 0 Å². The lowest BCUT2D eigenvalue weighted by atomic mass is 9.88. The molecule has 0 saturated carbocycles. The highest BCUT2D eigenvalue weighted by atomic mass is 19.4. The summed E-state index contributed by atoms with van der Waals surface area (Å²) in [7, 11) is 0. The molecule has 2 nitrogen and oxygen atoms in total. The van der Waals surface area contributed by atoms with Crippen LogP contribution < -0.4 is 4.90 Å². The summed E-state index contributed by atoms with van der Waals surface area (Å²) in [5, 5.41) is 0. The van der Waals surface area contributed by atoms with E-state index in [-0.39, 0.29) is 11.6 Å². The van der Waals surface area contributed by atoms with E-state index in [1.165, 1.54) is 4.90 Å². The van der Waals surface area contributed by atoms with Crippen LogP contribution in [0.1, 0.15) is 47.3 Å². The van der Waals surface area contributed by atoms with Gasteiger partial charge in [-0.3, -0.25) is 9.69 Å².